The molecule has 4 nitrogen and oxygen atoms in total. The van der Waals surface area contributed by atoms with Gasteiger partial charge in [-0.1, -0.05) is 27.2 Å². The number of hydrogen-bond acceptors (Lipinski definition) is 2. The number of aliphatic imine (C=N–C) groups is 1. The zero-order valence-corrected chi connectivity index (χ0v) is 15.0. The molecule has 1 fully saturated rings. The Balaban J connectivity index is 0.00000324. The van der Waals surface area contributed by atoms with Gasteiger partial charge >= 0.3 is 0 Å². The minimum atomic E-state index is 0. The molecule has 1 aliphatic rings. The number of guanidine groups is 1. The maximum Gasteiger partial charge on any atom is 0.188 e. The van der Waals surface area contributed by atoms with Crippen molar-refractivity contribution in [2.75, 3.05) is 26.2 Å². The summed E-state index contributed by atoms with van der Waals surface area (Å²) in [6.45, 7) is 10.8. The van der Waals surface area contributed by atoms with Crippen LogP contribution in [0.25, 0.3) is 0 Å². The van der Waals surface area contributed by atoms with Crippen molar-refractivity contribution < 1.29 is 0 Å². The van der Waals surface area contributed by atoms with Crippen LogP contribution in [-0.2, 0) is 0 Å². The molecule has 0 aliphatic carbocycles. The Morgan fingerprint density at radius 2 is 2.16 bits per heavy atom. The quantitative estimate of drug-likeness (QED) is 0.422. The first-order valence-corrected chi connectivity index (χ1v) is 7.41. The van der Waals surface area contributed by atoms with Crippen molar-refractivity contribution in [2.24, 2.45) is 16.6 Å². The van der Waals surface area contributed by atoms with E-state index in [-0.39, 0.29) is 24.0 Å². The molecular formula is C14H31IN4. The van der Waals surface area contributed by atoms with E-state index in [2.05, 4.69) is 36.0 Å². The lowest BCUT2D eigenvalue weighted by molar-refractivity contribution is 0.161. The van der Waals surface area contributed by atoms with Crippen molar-refractivity contribution in [3.63, 3.8) is 0 Å². The molecule has 1 rings (SSSR count). The number of hydrogen-bond donors (Lipinski definition) is 2. The minimum Gasteiger partial charge on any atom is -0.370 e. The fourth-order valence-electron chi connectivity index (χ4n) is 2.43. The molecule has 0 aromatic rings. The highest BCUT2D eigenvalue weighted by atomic mass is 127. The highest BCUT2D eigenvalue weighted by Gasteiger charge is 2.20. The van der Waals surface area contributed by atoms with Crippen LogP contribution in [0.5, 0.6) is 0 Å². The van der Waals surface area contributed by atoms with Crippen LogP contribution in [-0.4, -0.2) is 43.1 Å². The van der Waals surface area contributed by atoms with Crippen LogP contribution < -0.4 is 11.1 Å². The van der Waals surface area contributed by atoms with Crippen LogP contribution in [0.2, 0.25) is 0 Å². The number of piperidine rings is 1. The second kappa shape index (κ2) is 10.7. The Labute approximate surface area is 135 Å². The Morgan fingerprint density at radius 1 is 1.42 bits per heavy atom. The Bertz CT molecular complexity index is 256. The molecule has 0 spiro atoms. The molecule has 0 aromatic carbocycles. The fraction of sp³-hybridized carbons (Fsp3) is 0.929. The molecule has 0 aromatic heterocycles. The van der Waals surface area contributed by atoms with Gasteiger partial charge in [-0.2, -0.15) is 0 Å². The van der Waals surface area contributed by atoms with Crippen LogP contribution in [0, 0.1) is 5.92 Å². The summed E-state index contributed by atoms with van der Waals surface area (Å²) >= 11 is 0. The van der Waals surface area contributed by atoms with Gasteiger partial charge in [-0.05, 0) is 38.3 Å². The van der Waals surface area contributed by atoms with Gasteiger partial charge in [0.2, 0.25) is 0 Å². The highest BCUT2D eigenvalue weighted by molar-refractivity contribution is 14.0. The van der Waals surface area contributed by atoms with Gasteiger partial charge in [-0.25, -0.2) is 0 Å². The minimum absolute atomic E-state index is 0. The van der Waals surface area contributed by atoms with Crippen LogP contribution in [0.3, 0.4) is 0 Å². The van der Waals surface area contributed by atoms with Crippen LogP contribution in [0.4, 0.5) is 0 Å². The van der Waals surface area contributed by atoms with Gasteiger partial charge in [0.1, 0.15) is 0 Å². The van der Waals surface area contributed by atoms with Crippen molar-refractivity contribution in [1.82, 2.24) is 10.2 Å². The molecule has 1 aliphatic heterocycles. The van der Waals surface area contributed by atoms with Crippen LogP contribution in [0.15, 0.2) is 4.99 Å². The lowest BCUT2D eigenvalue weighted by Gasteiger charge is -2.33. The fourth-order valence-corrected chi connectivity index (χ4v) is 2.43. The second-order valence-electron chi connectivity index (χ2n) is 5.61. The summed E-state index contributed by atoms with van der Waals surface area (Å²) in [6, 6.07) is 0.592. The molecule has 3 N–H and O–H groups in total. The molecule has 0 amide bonds. The van der Waals surface area contributed by atoms with Gasteiger partial charge < -0.3 is 11.1 Å². The van der Waals surface area contributed by atoms with Crippen LogP contribution in [0.1, 0.15) is 46.5 Å². The number of likely N-dealkylation sites (N-methyl/N-ethyl adjacent to an activating group) is 1. The molecule has 0 radical (unpaired) electrons. The summed E-state index contributed by atoms with van der Waals surface area (Å²) < 4.78 is 0. The van der Waals surface area contributed by atoms with E-state index in [1.54, 1.807) is 0 Å². The summed E-state index contributed by atoms with van der Waals surface area (Å²) in [7, 11) is 0. The topological polar surface area (TPSA) is 53.6 Å². The van der Waals surface area contributed by atoms with E-state index in [1.807, 2.05) is 0 Å². The maximum absolute atomic E-state index is 5.88. The summed E-state index contributed by atoms with van der Waals surface area (Å²) in [6.07, 6.45) is 5.06. The van der Waals surface area contributed by atoms with Crippen LogP contribution >= 0.6 is 24.0 Å². The lowest BCUT2D eigenvalue weighted by atomic mass is 10.0. The monoisotopic (exact) mass is 382 g/mol. The average Bonchev–Trinajstić information content (AvgIpc) is 2.36. The first-order valence-electron chi connectivity index (χ1n) is 7.41. The summed E-state index contributed by atoms with van der Waals surface area (Å²) in [5, 5.41) is 3.20. The molecule has 0 saturated carbocycles. The zero-order valence-electron chi connectivity index (χ0n) is 12.7. The third kappa shape index (κ3) is 7.97. The summed E-state index contributed by atoms with van der Waals surface area (Å²) in [5.41, 5.74) is 5.88. The average molecular weight is 382 g/mol. The third-order valence-electron chi connectivity index (χ3n) is 3.66. The molecule has 19 heavy (non-hydrogen) atoms. The van der Waals surface area contributed by atoms with Gasteiger partial charge in [-0.3, -0.25) is 9.89 Å². The van der Waals surface area contributed by atoms with Gasteiger partial charge in [0.05, 0.1) is 6.54 Å². The van der Waals surface area contributed by atoms with E-state index in [0.717, 1.165) is 26.1 Å². The molecular weight excluding hydrogens is 351 g/mol. The molecule has 0 bridgehead atoms. The van der Waals surface area contributed by atoms with Crippen molar-refractivity contribution in [1.29, 1.82) is 0 Å². The number of nitrogens with one attached hydrogen (secondary N) is 1. The normalized spacial score (nSPS) is 21.3. The van der Waals surface area contributed by atoms with Gasteiger partial charge in [0, 0.05) is 12.6 Å². The number of rotatable bonds is 6. The summed E-state index contributed by atoms with van der Waals surface area (Å²) in [4.78, 5) is 7.01. The molecule has 1 heterocycles. The number of halogens is 1. The van der Waals surface area contributed by atoms with Crippen molar-refractivity contribution >= 4 is 29.9 Å². The van der Waals surface area contributed by atoms with E-state index in [9.17, 15) is 0 Å². The molecule has 114 valence electrons. The third-order valence-corrected chi connectivity index (χ3v) is 3.66. The van der Waals surface area contributed by atoms with Gasteiger partial charge in [0.15, 0.2) is 5.96 Å². The smallest absolute Gasteiger partial charge is 0.188 e. The zero-order chi connectivity index (χ0) is 13.4. The predicted molar refractivity (Wildman–Crippen MR) is 94.2 cm³/mol. The molecule has 5 heteroatoms. The standard InChI is InChI=1S/C14H30N4.HI/c1-4-18-10-6-5-7-13(18)11-17-14(15)16-9-8-12(2)3;/h12-13H,4-11H2,1-3H3,(H3,15,16,17);1H. The lowest BCUT2D eigenvalue weighted by Crippen LogP contribution is -2.42. The van der Waals surface area contributed by atoms with Gasteiger partial charge in [0.25, 0.3) is 0 Å². The highest BCUT2D eigenvalue weighted by Crippen LogP contribution is 2.16. The van der Waals surface area contributed by atoms with Crippen molar-refractivity contribution in [3.05, 3.63) is 0 Å². The molecule has 1 atom stereocenters. The Hall–Kier alpha value is -0.0400. The van der Waals surface area contributed by atoms with Crippen molar-refractivity contribution in [3.8, 4) is 0 Å². The van der Waals surface area contributed by atoms with Crippen molar-refractivity contribution in [2.45, 2.75) is 52.5 Å². The summed E-state index contributed by atoms with van der Waals surface area (Å²) in [5.74, 6) is 1.32. The van der Waals surface area contributed by atoms with E-state index >= 15 is 0 Å². The predicted octanol–water partition coefficient (Wildman–Crippen LogP) is 2.43. The van der Waals surface area contributed by atoms with E-state index in [4.69, 9.17) is 5.73 Å². The second-order valence-corrected chi connectivity index (χ2v) is 5.61. The SMILES string of the molecule is CCN1CCCCC1CN=C(N)NCCC(C)C.I. The number of likely N-dealkylation sites (tertiary alicyclic amines) is 1. The van der Waals surface area contributed by atoms with E-state index in [1.165, 1.54) is 25.8 Å². The Kier molecular flexibility index (Phi) is 10.7. The van der Waals surface area contributed by atoms with Gasteiger partial charge in [-0.15, -0.1) is 24.0 Å². The number of nitrogens with zero attached hydrogens (tertiary/aromatic N) is 2. The maximum atomic E-state index is 5.88. The van der Waals surface area contributed by atoms with E-state index < -0.39 is 0 Å². The molecule has 1 saturated heterocycles. The molecule has 1 unspecified atom stereocenters. The first kappa shape index (κ1) is 19.0. The Morgan fingerprint density at radius 3 is 2.79 bits per heavy atom. The number of nitrogens with two attached hydrogens (primary N) is 1. The first-order chi connectivity index (χ1) is 8.63. The largest absolute Gasteiger partial charge is 0.370 e. The van der Waals surface area contributed by atoms with E-state index in [0.29, 0.717) is 17.9 Å².